The van der Waals surface area contributed by atoms with Gasteiger partial charge in [-0.3, -0.25) is 0 Å². The van der Waals surface area contributed by atoms with Gasteiger partial charge >= 0.3 is 0 Å². The fourth-order valence-electron chi connectivity index (χ4n) is 8.87. The maximum absolute atomic E-state index is 4.18. The van der Waals surface area contributed by atoms with Crippen LogP contribution in [0.5, 0.6) is 0 Å². The number of nitrogens with zero attached hydrogens (tertiary/aromatic N) is 1. The third-order valence-corrected chi connectivity index (χ3v) is 11.2. The van der Waals surface area contributed by atoms with E-state index in [1.807, 2.05) is 6.08 Å². The van der Waals surface area contributed by atoms with Gasteiger partial charge in [-0.2, -0.15) is 0 Å². The third kappa shape index (κ3) is 6.24. The van der Waals surface area contributed by atoms with Crippen LogP contribution in [-0.2, 0) is 5.41 Å². The first-order valence-corrected chi connectivity index (χ1v) is 19.7. The van der Waals surface area contributed by atoms with Crippen molar-refractivity contribution in [3.8, 4) is 44.5 Å². The van der Waals surface area contributed by atoms with Crippen LogP contribution in [0, 0.1) is 0 Å². The smallest absolute Gasteiger partial charge is 0.0714 e. The molecule has 1 unspecified atom stereocenters. The third-order valence-electron chi connectivity index (χ3n) is 11.2. The van der Waals surface area contributed by atoms with Crippen molar-refractivity contribution in [2.45, 2.75) is 12.3 Å². The predicted octanol–water partition coefficient (Wildman–Crippen LogP) is 15.2. The van der Waals surface area contributed by atoms with Gasteiger partial charge in [-0.25, -0.2) is 0 Å². The highest BCUT2D eigenvalue weighted by Crippen LogP contribution is 2.58. The van der Waals surface area contributed by atoms with E-state index in [0.717, 1.165) is 17.1 Å². The van der Waals surface area contributed by atoms with Crippen LogP contribution in [-0.4, -0.2) is 0 Å². The van der Waals surface area contributed by atoms with E-state index in [9.17, 15) is 0 Å². The molecule has 0 saturated carbocycles. The lowest BCUT2D eigenvalue weighted by Gasteiger charge is -2.35. The molecule has 0 amide bonds. The van der Waals surface area contributed by atoms with E-state index in [2.05, 4.69) is 243 Å². The molecule has 1 aliphatic carbocycles. The second kappa shape index (κ2) is 15.5. The van der Waals surface area contributed by atoms with Gasteiger partial charge in [-0.05, 0) is 110 Å². The molecule has 0 saturated heterocycles. The predicted molar refractivity (Wildman–Crippen MR) is 242 cm³/mol. The molecule has 0 fully saturated rings. The molecular weight excluding hydrogens is 687 g/mol. The fourth-order valence-corrected chi connectivity index (χ4v) is 8.87. The zero-order valence-electron chi connectivity index (χ0n) is 32.1. The summed E-state index contributed by atoms with van der Waals surface area (Å²) in [5.74, 6) is 0. The second-order valence-electron chi connectivity index (χ2n) is 14.4. The van der Waals surface area contributed by atoms with Gasteiger partial charge in [0.1, 0.15) is 0 Å². The molecular formula is C56H43N. The summed E-state index contributed by atoms with van der Waals surface area (Å²) >= 11 is 0. The Morgan fingerprint density at radius 1 is 0.439 bits per heavy atom. The van der Waals surface area contributed by atoms with E-state index in [1.165, 1.54) is 66.8 Å². The van der Waals surface area contributed by atoms with Gasteiger partial charge in [-0.1, -0.05) is 201 Å². The Morgan fingerprint density at radius 2 is 0.930 bits per heavy atom. The Hall–Kier alpha value is -7.22. The van der Waals surface area contributed by atoms with Gasteiger partial charge in [0, 0.05) is 17.1 Å². The summed E-state index contributed by atoms with van der Waals surface area (Å²) in [6.07, 6.45) is 8.49. The van der Waals surface area contributed by atoms with Crippen molar-refractivity contribution in [2.24, 2.45) is 0 Å². The van der Waals surface area contributed by atoms with E-state index in [0.29, 0.717) is 0 Å². The van der Waals surface area contributed by atoms with Gasteiger partial charge in [0.05, 0.1) is 5.41 Å². The molecule has 0 bridgehead atoms. The zero-order valence-corrected chi connectivity index (χ0v) is 32.1. The average Bonchev–Trinajstić information content (AvgIpc) is 3.58. The van der Waals surface area contributed by atoms with E-state index < -0.39 is 5.41 Å². The van der Waals surface area contributed by atoms with Crippen molar-refractivity contribution in [1.82, 2.24) is 0 Å². The van der Waals surface area contributed by atoms with Crippen LogP contribution in [0.2, 0.25) is 0 Å². The van der Waals surface area contributed by atoms with Crippen LogP contribution >= 0.6 is 0 Å². The Morgan fingerprint density at radius 3 is 1.58 bits per heavy atom. The normalized spacial score (nSPS) is 14.6. The van der Waals surface area contributed by atoms with Crippen molar-refractivity contribution >= 4 is 17.1 Å². The van der Waals surface area contributed by atoms with E-state index in [-0.39, 0.29) is 0 Å². The van der Waals surface area contributed by atoms with E-state index in [1.54, 1.807) is 0 Å². The quantitative estimate of drug-likeness (QED) is 0.127. The molecule has 8 aromatic rings. The molecule has 1 nitrogen and oxygen atoms in total. The molecule has 8 aromatic carbocycles. The highest BCUT2D eigenvalue weighted by atomic mass is 15.1. The Bertz CT molecular complexity index is 2740. The topological polar surface area (TPSA) is 3.24 Å². The molecule has 0 radical (unpaired) electrons. The molecule has 0 aromatic heterocycles. The van der Waals surface area contributed by atoms with Crippen LogP contribution in [0.4, 0.5) is 17.1 Å². The fraction of sp³-hybridized carbons (Fsp3) is 0.0357. The van der Waals surface area contributed by atoms with Crippen molar-refractivity contribution in [2.75, 3.05) is 4.90 Å². The second-order valence-corrected chi connectivity index (χ2v) is 14.4. The van der Waals surface area contributed by atoms with Crippen LogP contribution in [0.1, 0.15) is 23.6 Å². The van der Waals surface area contributed by atoms with Crippen molar-refractivity contribution < 1.29 is 0 Å². The molecule has 0 spiro atoms. The molecule has 9 rings (SSSR count). The van der Waals surface area contributed by atoms with Crippen molar-refractivity contribution in [3.63, 3.8) is 0 Å². The summed E-state index contributed by atoms with van der Waals surface area (Å²) in [5, 5.41) is 0. The monoisotopic (exact) mass is 729 g/mol. The van der Waals surface area contributed by atoms with Gasteiger partial charge in [-0.15, -0.1) is 0 Å². The van der Waals surface area contributed by atoms with Crippen molar-refractivity contribution in [1.29, 1.82) is 0 Å². The van der Waals surface area contributed by atoms with Crippen LogP contribution in [0.25, 0.3) is 44.5 Å². The van der Waals surface area contributed by atoms with Gasteiger partial charge in [0.2, 0.25) is 0 Å². The molecule has 1 atom stereocenters. The SMILES string of the molecule is C=C/C=C(\C=C/C)C1(c2ccccc2)c2ccccc2-c2ccc(N(c3ccccc3)c3ccc(-c4ccccc4-c4ccccc4)c(-c4ccccc4)c3)cc21. The highest BCUT2D eigenvalue weighted by molar-refractivity contribution is 5.95. The number of para-hydroxylation sites is 1. The summed E-state index contributed by atoms with van der Waals surface area (Å²) in [6, 6.07) is 74.8. The lowest BCUT2D eigenvalue weighted by molar-refractivity contribution is 0.767. The van der Waals surface area contributed by atoms with E-state index >= 15 is 0 Å². The molecule has 272 valence electrons. The van der Waals surface area contributed by atoms with E-state index in [4.69, 9.17) is 0 Å². The van der Waals surface area contributed by atoms with Crippen LogP contribution < -0.4 is 4.90 Å². The Kier molecular flexibility index (Phi) is 9.64. The molecule has 1 heteroatoms. The summed E-state index contributed by atoms with van der Waals surface area (Å²) < 4.78 is 0. The number of hydrogen-bond acceptors (Lipinski definition) is 1. The minimum atomic E-state index is -0.563. The molecule has 0 N–H and O–H groups in total. The summed E-state index contributed by atoms with van der Waals surface area (Å²) in [6.45, 7) is 6.28. The van der Waals surface area contributed by atoms with Crippen LogP contribution in [0.15, 0.2) is 243 Å². The number of rotatable bonds is 10. The minimum Gasteiger partial charge on any atom is -0.310 e. The lowest BCUT2D eigenvalue weighted by Crippen LogP contribution is -2.29. The van der Waals surface area contributed by atoms with Crippen molar-refractivity contribution in [3.05, 3.63) is 259 Å². The first kappa shape index (κ1) is 35.5. The first-order valence-electron chi connectivity index (χ1n) is 19.7. The number of benzene rings is 8. The summed E-state index contributed by atoms with van der Waals surface area (Å²) in [5.41, 5.74) is 17.2. The molecule has 0 heterocycles. The zero-order chi connectivity index (χ0) is 38.6. The van der Waals surface area contributed by atoms with Gasteiger partial charge in [0.15, 0.2) is 0 Å². The average molecular weight is 730 g/mol. The number of hydrogen-bond donors (Lipinski definition) is 0. The minimum absolute atomic E-state index is 0.563. The highest BCUT2D eigenvalue weighted by Gasteiger charge is 2.46. The number of fused-ring (bicyclic) bond motifs is 3. The van der Waals surface area contributed by atoms with Crippen LogP contribution in [0.3, 0.4) is 0 Å². The Labute approximate surface area is 336 Å². The number of allylic oxidation sites excluding steroid dienone is 5. The van der Waals surface area contributed by atoms with Gasteiger partial charge < -0.3 is 4.90 Å². The molecule has 0 aliphatic heterocycles. The standard InChI is InChI=1S/C56H43N/c1-3-21-43(22-4-2)56(44-27-13-7-14-28-44)54-34-20-19-33-51(54)52-38-36-47(40-55(52)56)57(45-29-15-8-16-30-45)46-35-37-50(53(39-46)42-25-11-6-12-26-42)49-32-18-17-31-48(49)41-23-9-5-10-24-41/h3-40H,1H2,2H3/b22-4-,43-21+. The molecule has 57 heavy (non-hydrogen) atoms. The largest absolute Gasteiger partial charge is 0.310 e. The van der Waals surface area contributed by atoms with Gasteiger partial charge in [0.25, 0.3) is 0 Å². The molecule has 1 aliphatic rings. The maximum atomic E-state index is 4.18. The maximum Gasteiger partial charge on any atom is 0.0714 e. The first-order chi connectivity index (χ1) is 28.2. The Balaban J connectivity index is 1.30. The summed E-state index contributed by atoms with van der Waals surface area (Å²) in [4.78, 5) is 2.41. The summed E-state index contributed by atoms with van der Waals surface area (Å²) in [7, 11) is 0. The number of anilines is 3. The lowest BCUT2D eigenvalue weighted by atomic mass is 9.67.